The maximum atomic E-state index is 12.0. The quantitative estimate of drug-likeness (QED) is 0.429. The molecule has 0 unspecified atom stereocenters. The van der Waals surface area contributed by atoms with E-state index in [1.807, 2.05) is 6.92 Å². The van der Waals surface area contributed by atoms with Crippen LogP contribution in [0.1, 0.15) is 33.6 Å². The fourth-order valence-corrected chi connectivity index (χ4v) is 2.23. The van der Waals surface area contributed by atoms with Gasteiger partial charge in [0.25, 0.3) is 0 Å². The zero-order valence-corrected chi connectivity index (χ0v) is 10.7. The van der Waals surface area contributed by atoms with E-state index in [1.54, 1.807) is 13.8 Å². The SMILES string of the molecule is C=C1CC(C(=O)OCC)(C(=O)OCC)C[C@@H]1C. The number of esters is 2. The van der Waals surface area contributed by atoms with Gasteiger partial charge in [-0.1, -0.05) is 19.1 Å². The molecule has 1 fully saturated rings. The molecular weight excluding hydrogens is 220 g/mol. The van der Waals surface area contributed by atoms with Crippen LogP contribution in [0.4, 0.5) is 0 Å². The second-order valence-corrected chi connectivity index (χ2v) is 4.46. The van der Waals surface area contributed by atoms with Gasteiger partial charge in [0, 0.05) is 0 Å². The van der Waals surface area contributed by atoms with Gasteiger partial charge in [0.2, 0.25) is 0 Å². The minimum atomic E-state index is -1.16. The number of carbonyl (C=O) groups excluding carboxylic acids is 2. The molecule has 0 radical (unpaired) electrons. The van der Waals surface area contributed by atoms with E-state index >= 15 is 0 Å². The third kappa shape index (κ3) is 2.51. The van der Waals surface area contributed by atoms with Gasteiger partial charge in [-0.2, -0.15) is 0 Å². The topological polar surface area (TPSA) is 52.6 Å². The Labute approximate surface area is 102 Å². The Balaban J connectivity index is 2.98. The van der Waals surface area contributed by atoms with Gasteiger partial charge in [0.05, 0.1) is 13.2 Å². The first-order valence-corrected chi connectivity index (χ1v) is 6.00. The van der Waals surface area contributed by atoms with E-state index in [0.717, 1.165) is 5.57 Å². The van der Waals surface area contributed by atoms with Crippen molar-refractivity contribution in [2.45, 2.75) is 33.6 Å². The van der Waals surface area contributed by atoms with E-state index < -0.39 is 17.4 Å². The summed E-state index contributed by atoms with van der Waals surface area (Å²) in [6.45, 7) is 9.84. The predicted molar refractivity (Wildman–Crippen MR) is 63.2 cm³/mol. The van der Waals surface area contributed by atoms with Crippen molar-refractivity contribution in [3.63, 3.8) is 0 Å². The molecule has 1 aliphatic carbocycles. The predicted octanol–water partition coefficient (Wildman–Crippen LogP) is 2.09. The average Bonchev–Trinajstić information content (AvgIpc) is 2.57. The number of hydrogen-bond donors (Lipinski definition) is 0. The summed E-state index contributed by atoms with van der Waals surface area (Å²) >= 11 is 0. The summed E-state index contributed by atoms with van der Waals surface area (Å²) in [6, 6.07) is 0. The molecule has 0 aromatic carbocycles. The van der Waals surface area contributed by atoms with Crippen LogP contribution < -0.4 is 0 Å². The van der Waals surface area contributed by atoms with Crippen molar-refractivity contribution in [2.24, 2.45) is 11.3 Å². The highest BCUT2D eigenvalue weighted by atomic mass is 16.6. The smallest absolute Gasteiger partial charge is 0.323 e. The number of rotatable bonds is 4. The van der Waals surface area contributed by atoms with Gasteiger partial charge in [-0.15, -0.1) is 0 Å². The lowest BCUT2D eigenvalue weighted by Crippen LogP contribution is -2.40. The minimum Gasteiger partial charge on any atom is -0.465 e. The first kappa shape index (κ1) is 13.7. The van der Waals surface area contributed by atoms with E-state index in [0.29, 0.717) is 12.8 Å². The van der Waals surface area contributed by atoms with E-state index in [1.165, 1.54) is 0 Å². The fraction of sp³-hybridized carbons (Fsp3) is 0.692. The summed E-state index contributed by atoms with van der Waals surface area (Å²) < 4.78 is 10.0. The largest absolute Gasteiger partial charge is 0.465 e. The van der Waals surface area contributed by atoms with Crippen molar-refractivity contribution in [3.8, 4) is 0 Å². The third-order valence-corrected chi connectivity index (χ3v) is 3.21. The molecule has 0 saturated heterocycles. The first-order valence-electron chi connectivity index (χ1n) is 6.00. The standard InChI is InChI=1S/C13H20O4/c1-5-16-11(14)13(12(15)17-6-2)7-9(3)10(4)8-13/h10H,3,5-8H2,1-2,4H3/t10-/m0/s1. The average molecular weight is 240 g/mol. The summed E-state index contributed by atoms with van der Waals surface area (Å²) in [5.41, 5.74) is -0.256. The molecule has 0 amide bonds. The molecule has 96 valence electrons. The summed E-state index contributed by atoms with van der Waals surface area (Å²) in [5.74, 6) is -0.822. The highest BCUT2D eigenvalue weighted by Crippen LogP contribution is 2.46. The molecule has 0 aliphatic heterocycles. The van der Waals surface area contributed by atoms with Crippen molar-refractivity contribution in [2.75, 3.05) is 13.2 Å². The van der Waals surface area contributed by atoms with Gasteiger partial charge < -0.3 is 9.47 Å². The monoisotopic (exact) mass is 240 g/mol. The fourth-order valence-electron chi connectivity index (χ4n) is 2.23. The van der Waals surface area contributed by atoms with Crippen LogP contribution in [0.15, 0.2) is 12.2 Å². The number of carbonyl (C=O) groups is 2. The Hall–Kier alpha value is -1.32. The summed E-state index contributed by atoms with van der Waals surface area (Å²) in [4.78, 5) is 24.0. The minimum absolute atomic E-state index is 0.142. The molecule has 1 rings (SSSR count). The van der Waals surface area contributed by atoms with Crippen molar-refractivity contribution < 1.29 is 19.1 Å². The van der Waals surface area contributed by atoms with E-state index in [2.05, 4.69) is 6.58 Å². The zero-order chi connectivity index (χ0) is 13.1. The van der Waals surface area contributed by atoms with E-state index in [-0.39, 0.29) is 19.1 Å². The van der Waals surface area contributed by atoms with Gasteiger partial charge in [0.15, 0.2) is 5.41 Å². The highest BCUT2D eigenvalue weighted by molar-refractivity contribution is 6.01. The van der Waals surface area contributed by atoms with Crippen molar-refractivity contribution in [1.82, 2.24) is 0 Å². The number of ether oxygens (including phenoxy) is 2. The summed E-state index contributed by atoms with van der Waals surface area (Å²) in [5, 5.41) is 0. The van der Waals surface area contributed by atoms with E-state index in [9.17, 15) is 9.59 Å². The number of allylic oxidation sites excluding steroid dienone is 1. The maximum absolute atomic E-state index is 12.0. The molecular formula is C13H20O4. The number of hydrogen-bond acceptors (Lipinski definition) is 4. The molecule has 0 spiro atoms. The highest BCUT2D eigenvalue weighted by Gasteiger charge is 2.54. The lowest BCUT2D eigenvalue weighted by molar-refractivity contribution is -0.171. The Kier molecular flexibility index (Phi) is 4.32. The van der Waals surface area contributed by atoms with Crippen LogP contribution in [0, 0.1) is 11.3 Å². The lowest BCUT2D eigenvalue weighted by Gasteiger charge is -2.23. The van der Waals surface area contributed by atoms with Crippen LogP contribution in [0.3, 0.4) is 0 Å². The second-order valence-electron chi connectivity index (χ2n) is 4.46. The van der Waals surface area contributed by atoms with E-state index in [4.69, 9.17) is 9.47 Å². The van der Waals surface area contributed by atoms with Gasteiger partial charge in [-0.3, -0.25) is 9.59 Å². The molecule has 4 nitrogen and oxygen atoms in total. The van der Waals surface area contributed by atoms with Gasteiger partial charge in [-0.25, -0.2) is 0 Å². The molecule has 0 aromatic heterocycles. The molecule has 0 N–H and O–H groups in total. The lowest BCUT2D eigenvalue weighted by atomic mass is 9.85. The van der Waals surface area contributed by atoms with Crippen molar-refractivity contribution in [1.29, 1.82) is 0 Å². The van der Waals surface area contributed by atoms with Gasteiger partial charge >= 0.3 is 11.9 Å². The molecule has 1 atom stereocenters. The van der Waals surface area contributed by atoms with Crippen LogP contribution in [0.5, 0.6) is 0 Å². The Morgan fingerprint density at radius 3 is 2.06 bits per heavy atom. The van der Waals surface area contributed by atoms with Crippen LogP contribution >= 0.6 is 0 Å². The second kappa shape index (κ2) is 5.34. The summed E-state index contributed by atoms with van der Waals surface area (Å²) in [6.07, 6.45) is 0.773. The third-order valence-electron chi connectivity index (χ3n) is 3.21. The molecule has 0 bridgehead atoms. The van der Waals surface area contributed by atoms with Crippen molar-refractivity contribution >= 4 is 11.9 Å². The zero-order valence-electron chi connectivity index (χ0n) is 10.7. The Bertz CT molecular complexity index is 314. The van der Waals surface area contributed by atoms with Crippen LogP contribution in [-0.2, 0) is 19.1 Å². The van der Waals surface area contributed by atoms with Crippen molar-refractivity contribution in [3.05, 3.63) is 12.2 Å². The summed E-state index contributed by atoms with van der Waals surface area (Å²) in [7, 11) is 0. The molecule has 1 aliphatic rings. The molecule has 17 heavy (non-hydrogen) atoms. The molecule has 0 aromatic rings. The first-order chi connectivity index (χ1) is 7.97. The van der Waals surface area contributed by atoms with Crippen LogP contribution in [0.2, 0.25) is 0 Å². The molecule has 0 heterocycles. The molecule has 4 heteroatoms. The van der Waals surface area contributed by atoms with Crippen LogP contribution in [-0.4, -0.2) is 25.2 Å². The normalized spacial score (nSPS) is 22.3. The van der Waals surface area contributed by atoms with Crippen LogP contribution in [0.25, 0.3) is 0 Å². The maximum Gasteiger partial charge on any atom is 0.323 e. The van der Waals surface area contributed by atoms with Gasteiger partial charge in [-0.05, 0) is 32.6 Å². The Morgan fingerprint density at radius 1 is 1.29 bits per heavy atom. The van der Waals surface area contributed by atoms with Gasteiger partial charge in [0.1, 0.15) is 0 Å². The Morgan fingerprint density at radius 2 is 1.76 bits per heavy atom. The molecule has 1 saturated carbocycles.